The molecule has 166 valence electrons. The summed E-state index contributed by atoms with van der Waals surface area (Å²) in [6.07, 6.45) is 0. The van der Waals surface area contributed by atoms with Crippen molar-refractivity contribution >= 4 is 40.6 Å². The standard InChI is InChI=1S/C23H18ClN5O3S/c1-15-11-12-16(13-20(15)29(31)32)25-21(30)14-33-23-27-26-22(18-9-5-6-10-19(18)24)28(23)17-7-3-2-4-8-17/h2-13H,14H2,1H3,(H,25,30). The molecule has 3 aromatic carbocycles. The molecular weight excluding hydrogens is 462 g/mol. The van der Waals surface area contributed by atoms with Crippen LogP contribution in [0.1, 0.15) is 5.56 Å². The van der Waals surface area contributed by atoms with E-state index in [4.69, 9.17) is 11.6 Å². The van der Waals surface area contributed by atoms with Crippen LogP contribution >= 0.6 is 23.4 Å². The molecule has 0 unspecified atom stereocenters. The Morgan fingerprint density at radius 1 is 1.09 bits per heavy atom. The average Bonchev–Trinajstić information content (AvgIpc) is 3.23. The lowest BCUT2D eigenvalue weighted by molar-refractivity contribution is -0.385. The Hall–Kier alpha value is -3.69. The first-order valence-electron chi connectivity index (χ1n) is 9.87. The summed E-state index contributed by atoms with van der Waals surface area (Å²) in [5, 5.41) is 23.5. The minimum absolute atomic E-state index is 0.0369. The second kappa shape index (κ2) is 9.85. The highest BCUT2D eigenvalue weighted by atomic mass is 35.5. The van der Waals surface area contributed by atoms with Crippen molar-refractivity contribution in [3.05, 3.63) is 93.5 Å². The molecule has 0 atom stereocenters. The number of halogens is 1. The van der Waals surface area contributed by atoms with Gasteiger partial charge < -0.3 is 5.32 Å². The number of hydrogen-bond acceptors (Lipinski definition) is 6. The molecule has 1 amide bonds. The van der Waals surface area contributed by atoms with Gasteiger partial charge in [-0.05, 0) is 37.3 Å². The van der Waals surface area contributed by atoms with Crippen LogP contribution in [-0.2, 0) is 4.79 Å². The van der Waals surface area contributed by atoms with E-state index < -0.39 is 4.92 Å². The molecule has 0 bridgehead atoms. The predicted octanol–water partition coefficient (Wildman–Crippen LogP) is 5.54. The Morgan fingerprint density at radius 2 is 1.82 bits per heavy atom. The van der Waals surface area contributed by atoms with Crippen molar-refractivity contribution in [3.63, 3.8) is 0 Å². The van der Waals surface area contributed by atoms with Crippen molar-refractivity contribution in [2.24, 2.45) is 0 Å². The monoisotopic (exact) mass is 479 g/mol. The van der Waals surface area contributed by atoms with Crippen molar-refractivity contribution in [3.8, 4) is 17.1 Å². The van der Waals surface area contributed by atoms with Gasteiger partial charge in [0.25, 0.3) is 5.69 Å². The van der Waals surface area contributed by atoms with Gasteiger partial charge in [0, 0.05) is 28.6 Å². The molecule has 0 saturated carbocycles. The smallest absolute Gasteiger partial charge is 0.274 e. The normalized spacial score (nSPS) is 10.7. The molecule has 4 rings (SSSR count). The Morgan fingerprint density at radius 3 is 2.55 bits per heavy atom. The molecular formula is C23H18ClN5O3S. The van der Waals surface area contributed by atoms with Gasteiger partial charge in [-0.15, -0.1) is 10.2 Å². The minimum atomic E-state index is -0.474. The van der Waals surface area contributed by atoms with Crippen LogP contribution in [0.3, 0.4) is 0 Å². The van der Waals surface area contributed by atoms with E-state index in [2.05, 4.69) is 15.5 Å². The number of rotatable bonds is 7. The SMILES string of the molecule is Cc1ccc(NC(=O)CSc2nnc(-c3ccccc3Cl)n2-c2ccccc2)cc1[N+](=O)[O-]. The number of nitrogens with one attached hydrogen (secondary N) is 1. The third kappa shape index (κ3) is 5.05. The highest BCUT2D eigenvalue weighted by Gasteiger charge is 2.19. The predicted molar refractivity (Wildman–Crippen MR) is 129 cm³/mol. The van der Waals surface area contributed by atoms with E-state index in [1.165, 1.54) is 17.8 Å². The second-order valence-electron chi connectivity index (χ2n) is 7.05. The molecule has 0 fully saturated rings. The van der Waals surface area contributed by atoms with Gasteiger partial charge in [-0.2, -0.15) is 0 Å². The summed E-state index contributed by atoms with van der Waals surface area (Å²) in [7, 11) is 0. The number of carbonyl (C=O) groups excluding carboxylic acids is 1. The average molecular weight is 480 g/mol. The first kappa shape index (κ1) is 22.5. The molecule has 0 spiro atoms. The summed E-state index contributed by atoms with van der Waals surface area (Å²) in [4.78, 5) is 23.2. The molecule has 0 aliphatic carbocycles. The van der Waals surface area contributed by atoms with Crippen LogP contribution in [0.15, 0.2) is 78.0 Å². The molecule has 10 heteroatoms. The van der Waals surface area contributed by atoms with Gasteiger partial charge in [-0.3, -0.25) is 19.5 Å². The minimum Gasteiger partial charge on any atom is -0.325 e. The number of benzene rings is 3. The molecule has 4 aromatic rings. The first-order valence-corrected chi connectivity index (χ1v) is 11.2. The molecule has 0 aliphatic heterocycles. The van der Waals surface area contributed by atoms with E-state index >= 15 is 0 Å². The fourth-order valence-corrected chi connectivity index (χ4v) is 4.17. The van der Waals surface area contributed by atoms with Crippen molar-refractivity contribution in [2.75, 3.05) is 11.1 Å². The van der Waals surface area contributed by atoms with Crippen LogP contribution in [0.4, 0.5) is 11.4 Å². The Kier molecular flexibility index (Phi) is 6.71. The van der Waals surface area contributed by atoms with E-state index in [-0.39, 0.29) is 17.3 Å². The molecule has 0 radical (unpaired) electrons. The number of nitrogens with zero attached hydrogens (tertiary/aromatic N) is 4. The lowest BCUT2D eigenvalue weighted by Crippen LogP contribution is -2.15. The Balaban J connectivity index is 1.58. The first-order chi connectivity index (χ1) is 15.9. The molecule has 1 aromatic heterocycles. The maximum absolute atomic E-state index is 12.6. The van der Waals surface area contributed by atoms with E-state index in [0.29, 0.717) is 27.3 Å². The number of thioether (sulfide) groups is 1. The van der Waals surface area contributed by atoms with E-state index in [1.807, 2.05) is 53.1 Å². The van der Waals surface area contributed by atoms with Gasteiger partial charge in [0.1, 0.15) is 0 Å². The Bertz CT molecular complexity index is 1330. The summed E-state index contributed by atoms with van der Waals surface area (Å²) in [5.41, 5.74) is 2.39. The summed E-state index contributed by atoms with van der Waals surface area (Å²) >= 11 is 7.60. The van der Waals surface area contributed by atoms with E-state index in [0.717, 1.165) is 11.3 Å². The molecule has 1 N–H and O–H groups in total. The summed E-state index contributed by atoms with van der Waals surface area (Å²) in [6.45, 7) is 1.65. The maximum Gasteiger partial charge on any atom is 0.274 e. The quantitative estimate of drug-likeness (QED) is 0.212. The van der Waals surface area contributed by atoms with Gasteiger partial charge >= 0.3 is 0 Å². The Labute approximate surface area is 198 Å². The highest BCUT2D eigenvalue weighted by molar-refractivity contribution is 7.99. The van der Waals surface area contributed by atoms with Crippen LogP contribution in [-0.4, -0.2) is 31.3 Å². The lowest BCUT2D eigenvalue weighted by Gasteiger charge is -2.11. The third-order valence-electron chi connectivity index (χ3n) is 4.78. The number of aryl methyl sites for hydroxylation is 1. The van der Waals surface area contributed by atoms with Crippen LogP contribution in [0.5, 0.6) is 0 Å². The number of anilines is 1. The molecule has 33 heavy (non-hydrogen) atoms. The van der Waals surface area contributed by atoms with Crippen molar-refractivity contribution in [1.29, 1.82) is 0 Å². The number of nitro benzene ring substituents is 1. The fraction of sp³-hybridized carbons (Fsp3) is 0.0870. The third-order valence-corrected chi connectivity index (χ3v) is 6.04. The summed E-state index contributed by atoms with van der Waals surface area (Å²) in [6, 6.07) is 21.5. The summed E-state index contributed by atoms with van der Waals surface area (Å²) in [5.74, 6) is 0.277. The van der Waals surface area contributed by atoms with Gasteiger partial charge in [-0.25, -0.2) is 0 Å². The number of nitro groups is 1. The van der Waals surface area contributed by atoms with Crippen molar-refractivity contribution in [2.45, 2.75) is 12.1 Å². The second-order valence-corrected chi connectivity index (χ2v) is 8.40. The fourth-order valence-electron chi connectivity index (χ4n) is 3.20. The van der Waals surface area contributed by atoms with Crippen LogP contribution in [0.2, 0.25) is 5.02 Å². The van der Waals surface area contributed by atoms with Crippen LogP contribution in [0.25, 0.3) is 17.1 Å². The topological polar surface area (TPSA) is 103 Å². The van der Waals surface area contributed by atoms with Crippen LogP contribution in [0, 0.1) is 17.0 Å². The van der Waals surface area contributed by atoms with E-state index in [9.17, 15) is 14.9 Å². The van der Waals surface area contributed by atoms with Crippen molar-refractivity contribution < 1.29 is 9.72 Å². The number of carbonyl (C=O) groups is 1. The number of hydrogen-bond donors (Lipinski definition) is 1. The number of amides is 1. The van der Waals surface area contributed by atoms with Gasteiger partial charge in [-0.1, -0.05) is 59.8 Å². The zero-order chi connectivity index (χ0) is 23.4. The number of aromatic nitrogens is 3. The molecule has 0 saturated heterocycles. The molecule has 1 heterocycles. The maximum atomic E-state index is 12.6. The molecule has 0 aliphatic rings. The summed E-state index contributed by atoms with van der Waals surface area (Å²) < 4.78 is 1.84. The largest absolute Gasteiger partial charge is 0.325 e. The zero-order valence-electron chi connectivity index (χ0n) is 17.4. The van der Waals surface area contributed by atoms with Gasteiger partial charge in [0.2, 0.25) is 5.91 Å². The zero-order valence-corrected chi connectivity index (χ0v) is 19.0. The lowest BCUT2D eigenvalue weighted by atomic mass is 10.2. The molecule has 8 nitrogen and oxygen atoms in total. The number of para-hydroxylation sites is 1. The van der Waals surface area contributed by atoms with Crippen molar-refractivity contribution in [1.82, 2.24) is 14.8 Å². The van der Waals surface area contributed by atoms with Gasteiger partial charge in [0.05, 0.1) is 15.7 Å². The van der Waals surface area contributed by atoms with Gasteiger partial charge in [0.15, 0.2) is 11.0 Å². The van der Waals surface area contributed by atoms with Crippen LogP contribution < -0.4 is 5.32 Å². The van der Waals surface area contributed by atoms with E-state index in [1.54, 1.807) is 25.1 Å². The highest BCUT2D eigenvalue weighted by Crippen LogP contribution is 2.32.